The molecule has 1 aromatic rings. The zero-order chi connectivity index (χ0) is 14.2. The third-order valence-corrected chi connectivity index (χ3v) is 4.47. The van der Waals surface area contributed by atoms with E-state index in [0.717, 1.165) is 12.8 Å². The average Bonchev–Trinajstić information content (AvgIpc) is 2.32. The van der Waals surface area contributed by atoms with Gasteiger partial charge in [-0.15, -0.1) is 0 Å². The van der Waals surface area contributed by atoms with Gasteiger partial charge in [0.2, 0.25) is 0 Å². The fraction of sp³-hybridized carbons (Fsp3) is 0.533. The highest BCUT2D eigenvalue weighted by molar-refractivity contribution is 6.30. The first-order valence-electron chi connectivity index (χ1n) is 7.10. The Bertz CT molecular complexity index is 522. The van der Waals surface area contributed by atoms with E-state index >= 15 is 0 Å². The van der Waals surface area contributed by atoms with E-state index < -0.39 is 5.67 Å². The molecule has 2 aliphatic rings. The molecule has 108 valence electrons. The lowest BCUT2D eigenvalue weighted by Gasteiger charge is -2.42. The first-order chi connectivity index (χ1) is 9.55. The van der Waals surface area contributed by atoms with E-state index in [0.29, 0.717) is 35.4 Å². The number of guanidine groups is 1. The van der Waals surface area contributed by atoms with Crippen molar-refractivity contribution < 1.29 is 4.39 Å². The van der Waals surface area contributed by atoms with Crippen LogP contribution in [0.5, 0.6) is 0 Å². The number of halogens is 2. The third-order valence-electron chi connectivity index (χ3n) is 4.23. The summed E-state index contributed by atoms with van der Waals surface area (Å²) in [5, 5.41) is 3.68. The maximum atomic E-state index is 14.7. The van der Waals surface area contributed by atoms with Crippen molar-refractivity contribution in [2.24, 2.45) is 10.7 Å². The zero-order valence-electron chi connectivity index (χ0n) is 11.3. The van der Waals surface area contributed by atoms with Crippen LogP contribution in [0.2, 0.25) is 5.02 Å². The Morgan fingerprint density at radius 3 is 2.75 bits per heavy atom. The third kappa shape index (κ3) is 2.75. The van der Waals surface area contributed by atoms with E-state index in [-0.39, 0.29) is 6.04 Å². The molecule has 0 aliphatic heterocycles. The van der Waals surface area contributed by atoms with Gasteiger partial charge in [0.05, 0.1) is 6.04 Å². The van der Waals surface area contributed by atoms with E-state index in [1.165, 1.54) is 6.42 Å². The van der Waals surface area contributed by atoms with E-state index in [4.69, 9.17) is 17.3 Å². The van der Waals surface area contributed by atoms with Gasteiger partial charge in [-0.2, -0.15) is 0 Å². The molecule has 0 radical (unpaired) electrons. The van der Waals surface area contributed by atoms with E-state index in [9.17, 15) is 4.39 Å². The highest BCUT2D eigenvalue weighted by Crippen LogP contribution is 2.45. The van der Waals surface area contributed by atoms with Gasteiger partial charge in [-0.1, -0.05) is 23.7 Å². The van der Waals surface area contributed by atoms with Crippen LogP contribution >= 0.6 is 11.6 Å². The SMILES string of the molecule is NC(=NC1CCC1)NC1CC(F)(c2cccc(Cl)c2)C1. The van der Waals surface area contributed by atoms with Crippen molar-refractivity contribution in [2.45, 2.75) is 49.9 Å². The maximum Gasteiger partial charge on any atom is 0.189 e. The molecule has 0 spiro atoms. The molecular weight excluding hydrogens is 277 g/mol. The number of rotatable bonds is 3. The van der Waals surface area contributed by atoms with Gasteiger partial charge >= 0.3 is 0 Å². The van der Waals surface area contributed by atoms with Crippen LogP contribution in [0, 0.1) is 0 Å². The monoisotopic (exact) mass is 295 g/mol. The molecule has 5 heteroatoms. The fourth-order valence-electron chi connectivity index (χ4n) is 2.79. The number of nitrogens with one attached hydrogen (secondary N) is 1. The molecule has 0 amide bonds. The van der Waals surface area contributed by atoms with Gasteiger partial charge in [0.15, 0.2) is 5.96 Å². The predicted octanol–water partition coefficient (Wildman–Crippen LogP) is 3.12. The quantitative estimate of drug-likeness (QED) is 0.665. The molecule has 0 aromatic heterocycles. The van der Waals surface area contributed by atoms with Gasteiger partial charge in [-0.25, -0.2) is 4.39 Å². The van der Waals surface area contributed by atoms with E-state index in [1.807, 2.05) is 0 Å². The molecule has 0 heterocycles. The Kier molecular flexibility index (Phi) is 3.59. The van der Waals surface area contributed by atoms with Crippen molar-refractivity contribution in [3.63, 3.8) is 0 Å². The molecule has 0 atom stereocenters. The van der Waals surface area contributed by atoms with Crippen molar-refractivity contribution in [1.29, 1.82) is 0 Å². The number of alkyl halides is 1. The smallest absolute Gasteiger partial charge is 0.189 e. The Labute approximate surface area is 123 Å². The van der Waals surface area contributed by atoms with Crippen molar-refractivity contribution in [3.8, 4) is 0 Å². The molecule has 3 rings (SSSR count). The summed E-state index contributed by atoms with van der Waals surface area (Å²) >= 11 is 5.91. The fourth-order valence-corrected chi connectivity index (χ4v) is 2.98. The topological polar surface area (TPSA) is 50.4 Å². The maximum absolute atomic E-state index is 14.7. The summed E-state index contributed by atoms with van der Waals surface area (Å²) in [4.78, 5) is 4.38. The highest BCUT2D eigenvalue weighted by atomic mass is 35.5. The summed E-state index contributed by atoms with van der Waals surface area (Å²) in [5.74, 6) is 0.452. The van der Waals surface area contributed by atoms with Crippen LogP contribution in [0.25, 0.3) is 0 Å². The Morgan fingerprint density at radius 2 is 2.15 bits per heavy atom. The molecule has 3 nitrogen and oxygen atoms in total. The lowest BCUT2D eigenvalue weighted by molar-refractivity contribution is 0.0326. The van der Waals surface area contributed by atoms with Gasteiger partial charge in [0.25, 0.3) is 0 Å². The lowest BCUT2D eigenvalue weighted by atomic mass is 9.73. The van der Waals surface area contributed by atoms with Crippen LogP contribution in [0.15, 0.2) is 29.3 Å². The molecule has 2 fully saturated rings. The zero-order valence-corrected chi connectivity index (χ0v) is 12.0. The molecule has 3 N–H and O–H groups in total. The van der Waals surface area contributed by atoms with Crippen LogP contribution in [0.4, 0.5) is 4.39 Å². The van der Waals surface area contributed by atoms with Crippen LogP contribution < -0.4 is 11.1 Å². The van der Waals surface area contributed by atoms with Crippen molar-refractivity contribution in [1.82, 2.24) is 5.32 Å². The second kappa shape index (κ2) is 5.24. The number of hydrogen-bond donors (Lipinski definition) is 2. The van der Waals surface area contributed by atoms with Crippen molar-refractivity contribution >= 4 is 17.6 Å². The molecule has 0 unspecified atom stereocenters. The first kappa shape index (κ1) is 13.7. The molecular formula is C15H19ClFN3. The Hall–Kier alpha value is -1.29. The Balaban J connectivity index is 1.56. The summed E-state index contributed by atoms with van der Waals surface area (Å²) in [7, 11) is 0. The van der Waals surface area contributed by atoms with Gasteiger partial charge in [-0.3, -0.25) is 4.99 Å². The standard InChI is InChI=1S/C15H19ClFN3/c16-11-4-1-3-10(7-11)15(17)8-13(9-15)20-14(18)19-12-5-2-6-12/h1,3-4,7,12-13H,2,5-6,8-9H2,(H3,18,19,20). The van der Waals surface area contributed by atoms with E-state index in [2.05, 4.69) is 10.3 Å². The number of hydrogen-bond acceptors (Lipinski definition) is 1. The Morgan fingerprint density at radius 1 is 1.40 bits per heavy atom. The van der Waals surface area contributed by atoms with Crippen LogP contribution in [0.1, 0.15) is 37.7 Å². The van der Waals surface area contributed by atoms with Crippen molar-refractivity contribution in [3.05, 3.63) is 34.9 Å². The number of aliphatic imine (C=N–C) groups is 1. The molecule has 20 heavy (non-hydrogen) atoms. The summed E-state index contributed by atoms with van der Waals surface area (Å²) in [6.07, 6.45) is 4.28. The minimum absolute atomic E-state index is 0.0582. The summed E-state index contributed by atoms with van der Waals surface area (Å²) in [6, 6.07) is 7.45. The van der Waals surface area contributed by atoms with Crippen LogP contribution in [-0.2, 0) is 5.67 Å². The number of nitrogens with two attached hydrogens (primary N) is 1. The second-order valence-corrected chi connectivity index (χ2v) is 6.26. The lowest BCUT2D eigenvalue weighted by Crippen LogP contribution is -2.53. The summed E-state index contributed by atoms with van der Waals surface area (Å²) in [6.45, 7) is 0. The minimum atomic E-state index is -1.29. The average molecular weight is 296 g/mol. The van der Waals surface area contributed by atoms with Gasteiger partial charge in [0.1, 0.15) is 5.67 Å². The summed E-state index contributed by atoms with van der Waals surface area (Å²) < 4.78 is 14.7. The summed E-state index contributed by atoms with van der Waals surface area (Å²) in [5.41, 5.74) is 5.20. The second-order valence-electron chi connectivity index (χ2n) is 5.82. The molecule has 2 saturated carbocycles. The van der Waals surface area contributed by atoms with Crippen molar-refractivity contribution in [2.75, 3.05) is 0 Å². The molecule has 0 bridgehead atoms. The molecule has 0 saturated heterocycles. The largest absolute Gasteiger partial charge is 0.370 e. The first-order valence-corrected chi connectivity index (χ1v) is 7.48. The predicted molar refractivity (Wildman–Crippen MR) is 79.7 cm³/mol. The van der Waals surface area contributed by atoms with Crippen LogP contribution in [-0.4, -0.2) is 18.0 Å². The minimum Gasteiger partial charge on any atom is -0.370 e. The normalized spacial score (nSPS) is 30.5. The van der Waals surface area contributed by atoms with Gasteiger partial charge in [-0.05, 0) is 37.0 Å². The highest BCUT2D eigenvalue weighted by Gasteiger charge is 2.46. The number of nitrogens with zero attached hydrogens (tertiary/aromatic N) is 1. The number of benzene rings is 1. The van der Waals surface area contributed by atoms with Gasteiger partial charge in [0, 0.05) is 23.9 Å². The molecule has 2 aliphatic carbocycles. The van der Waals surface area contributed by atoms with Gasteiger partial charge < -0.3 is 11.1 Å². The molecule has 1 aromatic carbocycles. The van der Waals surface area contributed by atoms with Crippen LogP contribution in [0.3, 0.4) is 0 Å². The van der Waals surface area contributed by atoms with E-state index in [1.54, 1.807) is 24.3 Å².